The number of benzene rings is 1. The van der Waals surface area contributed by atoms with E-state index in [1.807, 2.05) is 19.9 Å². The van der Waals surface area contributed by atoms with Crippen LogP contribution < -0.4 is 10.2 Å². The summed E-state index contributed by atoms with van der Waals surface area (Å²) in [5, 5.41) is 7.22. The smallest absolute Gasteiger partial charge is 0.338 e. The van der Waals surface area contributed by atoms with Crippen molar-refractivity contribution in [2.75, 3.05) is 16.8 Å². The zero-order chi connectivity index (χ0) is 20.3. The summed E-state index contributed by atoms with van der Waals surface area (Å²) in [6.07, 6.45) is 0.773. The van der Waals surface area contributed by atoms with Crippen molar-refractivity contribution in [2.24, 2.45) is 0 Å². The quantitative estimate of drug-likeness (QED) is 0.773. The van der Waals surface area contributed by atoms with E-state index in [9.17, 15) is 14.4 Å². The minimum atomic E-state index is -0.646. The lowest BCUT2D eigenvalue weighted by Gasteiger charge is -2.33. The number of aromatic nitrogens is 2. The maximum atomic E-state index is 12.9. The SMILES string of the molecule is CCOC(=O)c1ccc(NC(=O)C(CC)N2C(=O)CCn3nc(C)cc32)cc1. The Morgan fingerprint density at radius 3 is 2.61 bits per heavy atom. The highest BCUT2D eigenvalue weighted by atomic mass is 16.5. The number of carbonyl (C=O) groups is 3. The van der Waals surface area contributed by atoms with E-state index in [2.05, 4.69) is 10.4 Å². The second-order valence-electron chi connectivity index (χ2n) is 6.59. The molecule has 3 rings (SSSR count). The van der Waals surface area contributed by atoms with Gasteiger partial charge in [0, 0.05) is 18.2 Å². The van der Waals surface area contributed by atoms with Crippen LogP contribution in [0.3, 0.4) is 0 Å². The van der Waals surface area contributed by atoms with Gasteiger partial charge in [0.05, 0.1) is 24.4 Å². The molecule has 1 atom stereocenters. The van der Waals surface area contributed by atoms with Crippen LogP contribution in [0.25, 0.3) is 0 Å². The van der Waals surface area contributed by atoms with Gasteiger partial charge in [-0.15, -0.1) is 0 Å². The molecule has 0 spiro atoms. The maximum Gasteiger partial charge on any atom is 0.338 e. The van der Waals surface area contributed by atoms with Gasteiger partial charge in [0.25, 0.3) is 0 Å². The van der Waals surface area contributed by atoms with Gasteiger partial charge in [-0.1, -0.05) is 6.92 Å². The van der Waals surface area contributed by atoms with Crippen LogP contribution in [0.1, 0.15) is 42.7 Å². The van der Waals surface area contributed by atoms with Crippen LogP contribution >= 0.6 is 0 Å². The molecule has 0 saturated carbocycles. The number of nitrogens with one attached hydrogen (secondary N) is 1. The molecule has 1 N–H and O–H groups in total. The average Bonchev–Trinajstić information content (AvgIpc) is 3.05. The number of esters is 1. The second kappa shape index (κ2) is 8.24. The van der Waals surface area contributed by atoms with E-state index in [0.717, 1.165) is 5.69 Å². The number of hydrogen-bond acceptors (Lipinski definition) is 5. The minimum absolute atomic E-state index is 0.0907. The highest BCUT2D eigenvalue weighted by Crippen LogP contribution is 2.26. The maximum absolute atomic E-state index is 12.9. The van der Waals surface area contributed by atoms with Crippen molar-refractivity contribution < 1.29 is 19.1 Å². The largest absolute Gasteiger partial charge is 0.462 e. The molecule has 148 valence electrons. The number of carbonyl (C=O) groups excluding carboxylic acids is 3. The molecule has 1 aromatic heterocycles. The number of aryl methyl sites for hydroxylation is 2. The summed E-state index contributed by atoms with van der Waals surface area (Å²) in [5.74, 6) is -0.137. The third-order valence-corrected chi connectivity index (χ3v) is 4.60. The Morgan fingerprint density at radius 2 is 1.96 bits per heavy atom. The molecule has 8 nitrogen and oxygen atoms in total. The highest BCUT2D eigenvalue weighted by molar-refractivity contribution is 6.05. The Labute approximate surface area is 163 Å². The lowest BCUT2D eigenvalue weighted by atomic mass is 10.1. The van der Waals surface area contributed by atoms with Crippen molar-refractivity contribution in [1.29, 1.82) is 0 Å². The van der Waals surface area contributed by atoms with Gasteiger partial charge in [-0.3, -0.25) is 14.5 Å². The molecule has 0 bridgehead atoms. The summed E-state index contributed by atoms with van der Waals surface area (Å²) in [5.41, 5.74) is 1.77. The number of fused-ring (bicyclic) bond motifs is 1. The molecular weight excluding hydrogens is 360 g/mol. The molecular formula is C20H24N4O4. The van der Waals surface area contributed by atoms with E-state index in [0.29, 0.717) is 43.1 Å². The number of hydrogen-bond donors (Lipinski definition) is 1. The topological polar surface area (TPSA) is 93.5 Å². The second-order valence-corrected chi connectivity index (χ2v) is 6.59. The fraction of sp³-hybridized carbons (Fsp3) is 0.400. The molecule has 1 aliphatic rings. The molecule has 1 aromatic carbocycles. The van der Waals surface area contributed by atoms with Gasteiger partial charge in [-0.25, -0.2) is 9.48 Å². The molecule has 1 unspecified atom stereocenters. The molecule has 0 radical (unpaired) electrons. The molecule has 28 heavy (non-hydrogen) atoms. The van der Waals surface area contributed by atoms with E-state index in [-0.39, 0.29) is 11.8 Å². The molecule has 2 heterocycles. The van der Waals surface area contributed by atoms with Crippen LogP contribution in [0.15, 0.2) is 30.3 Å². The van der Waals surface area contributed by atoms with Crippen LogP contribution in [0.2, 0.25) is 0 Å². The number of rotatable bonds is 6. The molecule has 2 amide bonds. The van der Waals surface area contributed by atoms with Gasteiger partial charge in [0.15, 0.2) is 0 Å². The van der Waals surface area contributed by atoms with Crippen molar-refractivity contribution in [3.8, 4) is 0 Å². The first-order valence-corrected chi connectivity index (χ1v) is 9.39. The first-order chi connectivity index (χ1) is 13.4. The Balaban J connectivity index is 1.77. The highest BCUT2D eigenvalue weighted by Gasteiger charge is 2.34. The van der Waals surface area contributed by atoms with Crippen molar-refractivity contribution in [1.82, 2.24) is 9.78 Å². The standard InChI is InChI=1S/C20H24N4O4/c1-4-16(24-17-12-13(3)22-23(17)11-10-18(24)25)19(26)21-15-8-6-14(7-9-15)20(27)28-5-2/h6-9,12,16H,4-5,10-11H2,1-3H3,(H,21,26). The van der Waals surface area contributed by atoms with Gasteiger partial charge in [-0.2, -0.15) is 5.10 Å². The van der Waals surface area contributed by atoms with Crippen LogP contribution in [-0.2, 0) is 20.9 Å². The van der Waals surface area contributed by atoms with Gasteiger partial charge in [0.1, 0.15) is 11.9 Å². The summed E-state index contributed by atoms with van der Waals surface area (Å²) >= 11 is 0. The predicted molar refractivity (Wildman–Crippen MR) is 104 cm³/mol. The van der Waals surface area contributed by atoms with Gasteiger partial charge < -0.3 is 10.1 Å². The van der Waals surface area contributed by atoms with Crippen LogP contribution in [-0.4, -0.2) is 40.2 Å². The zero-order valence-corrected chi connectivity index (χ0v) is 16.3. The molecule has 0 fully saturated rings. The van der Waals surface area contributed by atoms with Crippen molar-refractivity contribution in [3.63, 3.8) is 0 Å². The van der Waals surface area contributed by atoms with E-state index in [4.69, 9.17) is 4.74 Å². The predicted octanol–water partition coefficient (Wildman–Crippen LogP) is 2.52. The van der Waals surface area contributed by atoms with Crippen molar-refractivity contribution >= 4 is 29.3 Å². The summed E-state index contributed by atoms with van der Waals surface area (Å²) < 4.78 is 6.72. The first-order valence-electron chi connectivity index (χ1n) is 9.39. The van der Waals surface area contributed by atoms with Crippen molar-refractivity contribution in [2.45, 2.75) is 46.2 Å². The third kappa shape index (κ3) is 3.90. The number of amides is 2. The van der Waals surface area contributed by atoms with Gasteiger partial charge >= 0.3 is 5.97 Å². The average molecular weight is 384 g/mol. The fourth-order valence-electron chi connectivity index (χ4n) is 3.29. The number of ether oxygens (including phenoxy) is 1. The normalized spacial score (nSPS) is 14.4. The first kappa shape index (κ1) is 19.6. The Kier molecular flexibility index (Phi) is 5.77. The third-order valence-electron chi connectivity index (χ3n) is 4.60. The molecule has 8 heteroatoms. The summed E-state index contributed by atoms with van der Waals surface area (Å²) in [6.45, 7) is 6.29. The van der Waals surface area contributed by atoms with Crippen molar-refractivity contribution in [3.05, 3.63) is 41.6 Å². The Hall–Kier alpha value is -3.16. The molecule has 1 aliphatic heterocycles. The Morgan fingerprint density at radius 1 is 1.25 bits per heavy atom. The van der Waals surface area contributed by atoms with Gasteiger partial charge in [0.2, 0.25) is 11.8 Å². The summed E-state index contributed by atoms with van der Waals surface area (Å²) in [6, 6.07) is 7.65. The number of nitrogens with zero attached hydrogens (tertiary/aromatic N) is 3. The van der Waals surface area contributed by atoms with E-state index in [1.54, 1.807) is 35.9 Å². The zero-order valence-electron chi connectivity index (χ0n) is 16.3. The monoisotopic (exact) mass is 384 g/mol. The fourth-order valence-corrected chi connectivity index (χ4v) is 3.29. The van der Waals surface area contributed by atoms with Gasteiger partial charge in [-0.05, 0) is 44.5 Å². The number of anilines is 2. The van der Waals surface area contributed by atoms with E-state index >= 15 is 0 Å². The molecule has 2 aromatic rings. The van der Waals surface area contributed by atoms with Crippen LogP contribution in [0.5, 0.6) is 0 Å². The molecule has 0 saturated heterocycles. The lowest BCUT2D eigenvalue weighted by Crippen LogP contribution is -2.50. The van der Waals surface area contributed by atoms with Crippen LogP contribution in [0, 0.1) is 6.92 Å². The summed E-state index contributed by atoms with van der Waals surface area (Å²) in [4.78, 5) is 38.7. The van der Waals surface area contributed by atoms with E-state index < -0.39 is 12.0 Å². The Bertz CT molecular complexity index is 888. The van der Waals surface area contributed by atoms with Crippen LogP contribution in [0.4, 0.5) is 11.5 Å². The summed E-state index contributed by atoms with van der Waals surface area (Å²) in [7, 11) is 0. The molecule has 0 aliphatic carbocycles. The minimum Gasteiger partial charge on any atom is -0.462 e. The van der Waals surface area contributed by atoms with E-state index in [1.165, 1.54) is 4.90 Å². The lowest BCUT2D eigenvalue weighted by molar-refractivity contribution is -0.124.